The first kappa shape index (κ1) is 24.9. The van der Waals surface area contributed by atoms with Gasteiger partial charge in [-0.2, -0.15) is 0 Å². The molecule has 4 rings (SSSR count). The molecule has 0 bridgehead atoms. The van der Waals surface area contributed by atoms with Crippen LogP contribution in [-0.4, -0.2) is 0 Å². The molecule has 162 valence electrons. The van der Waals surface area contributed by atoms with Crippen LogP contribution in [0.25, 0.3) is 11.4 Å². The van der Waals surface area contributed by atoms with Gasteiger partial charge in [-0.05, 0) is 46.5 Å². The molecule has 0 nitrogen and oxygen atoms in total. The third-order valence-electron chi connectivity index (χ3n) is 5.10. The summed E-state index contributed by atoms with van der Waals surface area (Å²) in [6, 6.07) is 37.8. The van der Waals surface area contributed by atoms with E-state index in [2.05, 4.69) is 97.1 Å². The second kappa shape index (κ2) is 12.5. The van der Waals surface area contributed by atoms with Gasteiger partial charge in [0.1, 0.15) is 0 Å². The molecule has 0 saturated heterocycles. The van der Waals surface area contributed by atoms with E-state index in [0.717, 1.165) is 17.9 Å². The summed E-state index contributed by atoms with van der Waals surface area (Å²) >= 11 is 13.2. The smallest absolute Gasteiger partial charge is 0.0671 e. The van der Waals surface area contributed by atoms with Gasteiger partial charge >= 0.3 is 0 Å². The third kappa shape index (κ3) is 6.63. The van der Waals surface area contributed by atoms with Crippen LogP contribution >= 0.6 is 31.1 Å². The standard InChI is InChI=1S/C28H23Cl2P.Ru/c29-26-18-10-17-25(28(26)30)27(19-22-11-4-1-5-12-22)31(20-23-13-6-2-7-14-23)21-24-15-8-3-9-16-24;/h1-19H,20-21H2;. The molecule has 4 heteroatoms. The molecule has 0 spiro atoms. The van der Waals surface area contributed by atoms with Crippen molar-refractivity contribution in [2.24, 2.45) is 0 Å². The van der Waals surface area contributed by atoms with Crippen LogP contribution in [0.15, 0.2) is 109 Å². The Kier molecular flexibility index (Phi) is 9.71. The number of halogens is 2. The first-order valence-electron chi connectivity index (χ1n) is 10.2. The van der Waals surface area contributed by atoms with Crippen LogP contribution in [-0.2, 0) is 31.8 Å². The van der Waals surface area contributed by atoms with Gasteiger partial charge in [0.05, 0.1) is 10.0 Å². The molecule has 0 heterocycles. The van der Waals surface area contributed by atoms with Crippen molar-refractivity contribution in [3.05, 3.63) is 141 Å². The minimum absolute atomic E-state index is 0. The Labute approximate surface area is 214 Å². The Hall–Kier alpha value is -1.75. The molecule has 0 N–H and O–H groups in total. The third-order valence-corrected chi connectivity index (χ3v) is 8.47. The van der Waals surface area contributed by atoms with Crippen molar-refractivity contribution in [3.8, 4) is 0 Å². The predicted molar refractivity (Wildman–Crippen MR) is 138 cm³/mol. The van der Waals surface area contributed by atoms with Gasteiger partial charge in [0.15, 0.2) is 0 Å². The molecule has 0 saturated carbocycles. The van der Waals surface area contributed by atoms with Gasteiger partial charge in [-0.25, -0.2) is 0 Å². The molecule has 4 aromatic carbocycles. The minimum Gasteiger partial charge on any atom is -0.0827 e. The van der Waals surface area contributed by atoms with Crippen LogP contribution in [0.4, 0.5) is 0 Å². The molecule has 0 atom stereocenters. The largest absolute Gasteiger partial charge is 0.0827 e. The van der Waals surface area contributed by atoms with Gasteiger partial charge in [-0.15, -0.1) is 0 Å². The van der Waals surface area contributed by atoms with Crippen LogP contribution in [0.1, 0.15) is 22.3 Å². The zero-order valence-electron chi connectivity index (χ0n) is 17.4. The second-order valence-electron chi connectivity index (χ2n) is 7.37. The average Bonchev–Trinajstić information content (AvgIpc) is 2.81. The fraction of sp³-hybridized carbons (Fsp3) is 0.0714. The first-order chi connectivity index (χ1) is 15.2. The molecule has 0 fully saturated rings. The van der Waals surface area contributed by atoms with Crippen LogP contribution in [0.5, 0.6) is 0 Å². The van der Waals surface area contributed by atoms with Crippen LogP contribution in [0, 0.1) is 0 Å². The molecule has 0 amide bonds. The van der Waals surface area contributed by atoms with E-state index in [9.17, 15) is 0 Å². The summed E-state index contributed by atoms with van der Waals surface area (Å²) in [4.78, 5) is 0. The number of hydrogen-bond donors (Lipinski definition) is 0. The fourth-order valence-electron chi connectivity index (χ4n) is 3.58. The molecule has 0 unspecified atom stereocenters. The summed E-state index contributed by atoms with van der Waals surface area (Å²) < 4.78 is 0. The van der Waals surface area contributed by atoms with Gasteiger partial charge in [-0.3, -0.25) is 0 Å². The summed E-state index contributed by atoms with van der Waals surface area (Å²) in [5.41, 5.74) is 4.86. The fourth-order valence-corrected chi connectivity index (χ4v) is 6.66. The maximum absolute atomic E-state index is 6.74. The van der Waals surface area contributed by atoms with E-state index in [-0.39, 0.29) is 19.5 Å². The zero-order valence-corrected chi connectivity index (χ0v) is 21.6. The first-order valence-corrected chi connectivity index (χ1v) is 12.7. The molecule has 0 aliphatic rings. The van der Waals surface area contributed by atoms with Crippen molar-refractivity contribution in [1.29, 1.82) is 0 Å². The summed E-state index contributed by atoms with van der Waals surface area (Å²) in [6.07, 6.45) is 4.24. The maximum atomic E-state index is 6.74. The second-order valence-corrected chi connectivity index (χ2v) is 10.3. The molecule has 0 radical (unpaired) electrons. The number of hydrogen-bond acceptors (Lipinski definition) is 0. The molecule has 4 aromatic rings. The summed E-state index contributed by atoms with van der Waals surface area (Å²) in [7, 11) is -0.587. The van der Waals surface area contributed by atoms with E-state index in [1.54, 1.807) is 0 Å². The van der Waals surface area contributed by atoms with E-state index in [4.69, 9.17) is 23.2 Å². The molecule has 32 heavy (non-hydrogen) atoms. The Bertz CT molecular complexity index is 1100. The minimum atomic E-state index is -0.587. The topological polar surface area (TPSA) is 0 Å². The van der Waals surface area contributed by atoms with Crippen molar-refractivity contribution in [1.82, 2.24) is 0 Å². The average molecular weight is 562 g/mol. The normalized spacial score (nSPS) is 11.3. The van der Waals surface area contributed by atoms with Gasteiger partial charge < -0.3 is 0 Å². The van der Waals surface area contributed by atoms with Crippen molar-refractivity contribution < 1.29 is 19.5 Å². The predicted octanol–water partition coefficient (Wildman–Crippen LogP) is 9.37. The van der Waals surface area contributed by atoms with Crippen molar-refractivity contribution in [2.45, 2.75) is 12.3 Å². The van der Waals surface area contributed by atoms with E-state index < -0.39 is 7.92 Å². The summed E-state index contributed by atoms with van der Waals surface area (Å²) in [5.74, 6) is 0. The number of rotatable bonds is 7. The Morgan fingerprint density at radius 2 is 1.12 bits per heavy atom. The number of benzene rings is 4. The van der Waals surface area contributed by atoms with Crippen molar-refractivity contribution in [2.75, 3.05) is 0 Å². The van der Waals surface area contributed by atoms with E-state index >= 15 is 0 Å². The molecular weight excluding hydrogens is 539 g/mol. The SMILES string of the molecule is Clc1cccc(C(=Cc2ccccc2)P(Cc2ccccc2)Cc2ccccc2)c1Cl.[Ru]. The van der Waals surface area contributed by atoms with Crippen LogP contribution in [0.2, 0.25) is 10.0 Å². The Balaban J connectivity index is 0.00000289. The monoisotopic (exact) mass is 562 g/mol. The Morgan fingerprint density at radius 3 is 1.66 bits per heavy atom. The quantitative estimate of drug-likeness (QED) is 0.120. The summed E-state index contributed by atoms with van der Waals surface area (Å²) in [5, 5.41) is 2.48. The van der Waals surface area contributed by atoms with Gasteiger partial charge in [0, 0.05) is 25.0 Å². The van der Waals surface area contributed by atoms with Crippen molar-refractivity contribution in [3.63, 3.8) is 0 Å². The van der Waals surface area contributed by atoms with E-state index in [1.165, 1.54) is 22.0 Å². The van der Waals surface area contributed by atoms with Crippen LogP contribution < -0.4 is 0 Å². The molecule has 0 aliphatic heterocycles. The van der Waals surface area contributed by atoms with Gasteiger partial charge in [-0.1, -0.05) is 134 Å². The molecule has 0 aromatic heterocycles. The van der Waals surface area contributed by atoms with Gasteiger partial charge in [0.2, 0.25) is 0 Å². The maximum Gasteiger partial charge on any atom is 0.0671 e. The summed E-state index contributed by atoms with van der Waals surface area (Å²) in [6.45, 7) is 0. The van der Waals surface area contributed by atoms with Gasteiger partial charge in [0.25, 0.3) is 0 Å². The van der Waals surface area contributed by atoms with E-state index in [1.807, 2.05) is 18.2 Å². The zero-order chi connectivity index (χ0) is 21.5. The Morgan fingerprint density at radius 1 is 0.625 bits per heavy atom. The van der Waals surface area contributed by atoms with E-state index in [0.29, 0.717) is 10.0 Å². The molecular formula is C28H23Cl2PRu. The van der Waals surface area contributed by atoms with Crippen LogP contribution in [0.3, 0.4) is 0 Å². The van der Waals surface area contributed by atoms with Crippen molar-refractivity contribution >= 4 is 42.5 Å². The molecule has 0 aliphatic carbocycles.